The lowest BCUT2D eigenvalue weighted by molar-refractivity contribution is 0.398. The number of hydrogen-bond donors (Lipinski definition) is 1. The van der Waals surface area contributed by atoms with E-state index in [9.17, 15) is 0 Å². The molecule has 1 heteroatoms. The van der Waals surface area contributed by atoms with Crippen molar-refractivity contribution in [3.63, 3.8) is 0 Å². The lowest BCUT2D eigenvalue weighted by Crippen LogP contribution is -2.26. The molecular formula is C18H31N. The Morgan fingerprint density at radius 3 is 2.47 bits per heavy atom. The SMILES string of the molecule is CCCCC(CC)CNC(C)c1ccc(C)cc1C. The average molecular weight is 261 g/mol. The lowest BCUT2D eigenvalue weighted by atomic mass is 9.97. The second-order valence-electron chi connectivity index (χ2n) is 5.91. The van der Waals surface area contributed by atoms with Gasteiger partial charge in [0, 0.05) is 6.04 Å². The second-order valence-corrected chi connectivity index (χ2v) is 5.91. The number of rotatable bonds is 8. The van der Waals surface area contributed by atoms with Gasteiger partial charge in [-0.15, -0.1) is 0 Å². The first-order valence-electron chi connectivity index (χ1n) is 7.89. The van der Waals surface area contributed by atoms with Crippen LogP contribution < -0.4 is 5.32 Å². The first-order chi connectivity index (χ1) is 9.08. The van der Waals surface area contributed by atoms with Gasteiger partial charge >= 0.3 is 0 Å². The quantitative estimate of drug-likeness (QED) is 0.680. The van der Waals surface area contributed by atoms with Crippen LogP contribution in [0.1, 0.15) is 69.2 Å². The van der Waals surface area contributed by atoms with E-state index in [1.165, 1.54) is 42.4 Å². The molecule has 1 aromatic carbocycles. The molecule has 0 aliphatic carbocycles. The van der Waals surface area contributed by atoms with E-state index in [1.807, 2.05) is 0 Å². The van der Waals surface area contributed by atoms with Gasteiger partial charge in [0.2, 0.25) is 0 Å². The minimum atomic E-state index is 0.455. The Morgan fingerprint density at radius 1 is 1.16 bits per heavy atom. The maximum absolute atomic E-state index is 3.72. The largest absolute Gasteiger partial charge is 0.310 e. The third-order valence-electron chi connectivity index (χ3n) is 4.15. The van der Waals surface area contributed by atoms with Gasteiger partial charge in [0.25, 0.3) is 0 Å². The molecular weight excluding hydrogens is 230 g/mol. The van der Waals surface area contributed by atoms with Crippen molar-refractivity contribution in [2.75, 3.05) is 6.54 Å². The first-order valence-corrected chi connectivity index (χ1v) is 7.89. The standard InChI is InChI=1S/C18H31N/c1-6-8-9-17(7-2)13-19-16(5)18-11-10-14(3)12-15(18)4/h10-12,16-17,19H,6-9,13H2,1-5H3. The van der Waals surface area contributed by atoms with E-state index in [2.05, 4.69) is 58.1 Å². The van der Waals surface area contributed by atoms with Gasteiger partial charge in [-0.05, 0) is 50.8 Å². The number of aryl methyl sites for hydroxylation is 2. The third kappa shape index (κ3) is 5.36. The van der Waals surface area contributed by atoms with Gasteiger partial charge in [-0.2, -0.15) is 0 Å². The molecule has 1 N–H and O–H groups in total. The van der Waals surface area contributed by atoms with Gasteiger partial charge in [0.15, 0.2) is 0 Å². The van der Waals surface area contributed by atoms with Gasteiger partial charge in [-0.3, -0.25) is 0 Å². The molecule has 19 heavy (non-hydrogen) atoms. The van der Waals surface area contributed by atoms with Gasteiger partial charge in [0.1, 0.15) is 0 Å². The fourth-order valence-electron chi connectivity index (χ4n) is 2.71. The van der Waals surface area contributed by atoms with E-state index in [0.717, 1.165) is 12.5 Å². The summed E-state index contributed by atoms with van der Waals surface area (Å²) in [6.07, 6.45) is 5.31. The van der Waals surface area contributed by atoms with Crippen LogP contribution in [0.2, 0.25) is 0 Å². The van der Waals surface area contributed by atoms with Crippen LogP contribution >= 0.6 is 0 Å². The highest BCUT2D eigenvalue weighted by Crippen LogP contribution is 2.20. The molecule has 2 unspecified atom stereocenters. The highest BCUT2D eigenvalue weighted by Gasteiger charge is 2.11. The zero-order valence-corrected chi connectivity index (χ0v) is 13.4. The van der Waals surface area contributed by atoms with Crippen molar-refractivity contribution >= 4 is 0 Å². The van der Waals surface area contributed by atoms with Crippen LogP contribution in [0.15, 0.2) is 18.2 Å². The number of unbranched alkanes of at least 4 members (excludes halogenated alkanes) is 1. The van der Waals surface area contributed by atoms with Crippen molar-refractivity contribution < 1.29 is 0 Å². The van der Waals surface area contributed by atoms with Crippen LogP contribution in [0, 0.1) is 19.8 Å². The first kappa shape index (κ1) is 16.2. The van der Waals surface area contributed by atoms with Gasteiger partial charge in [-0.25, -0.2) is 0 Å². The molecule has 1 nitrogen and oxygen atoms in total. The maximum Gasteiger partial charge on any atom is 0.0294 e. The van der Waals surface area contributed by atoms with Crippen LogP contribution in [-0.2, 0) is 0 Å². The predicted octanol–water partition coefficient (Wildman–Crippen LogP) is 5.17. The normalized spacial score (nSPS) is 14.4. The van der Waals surface area contributed by atoms with E-state index >= 15 is 0 Å². The van der Waals surface area contributed by atoms with Crippen LogP contribution in [-0.4, -0.2) is 6.54 Å². The summed E-state index contributed by atoms with van der Waals surface area (Å²) in [5.41, 5.74) is 4.19. The van der Waals surface area contributed by atoms with E-state index in [-0.39, 0.29) is 0 Å². The van der Waals surface area contributed by atoms with Crippen LogP contribution in [0.3, 0.4) is 0 Å². The molecule has 1 aromatic rings. The molecule has 0 saturated carbocycles. The zero-order chi connectivity index (χ0) is 14.3. The number of nitrogens with one attached hydrogen (secondary N) is 1. The summed E-state index contributed by atoms with van der Waals surface area (Å²) >= 11 is 0. The Kier molecular flexibility index (Phi) is 7.15. The summed E-state index contributed by atoms with van der Waals surface area (Å²) in [4.78, 5) is 0. The summed E-state index contributed by atoms with van der Waals surface area (Å²) in [7, 11) is 0. The molecule has 0 radical (unpaired) electrons. The fourth-order valence-corrected chi connectivity index (χ4v) is 2.71. The van der Waals surface area contributed by atoms with Crippen LogP contribution in [0.4, 0.5) is 0 Å². The molecule has 2 atom stereocenters. The van der Waals surface area contributed by atoms with E-state index < -0.39 is 0 Å². The Morgan fingerprint density at radius 2 is 1.89 bits per heavy atom. The molecule has 0 fully saturated rings. The maximum atomic E-state index is 3.72. The number of hydrogen-bond acceptors (Lipinski definition) is 1. The summed E-state index contributed by atoms with van der Waals surface area (Å²) in [5, 5.41) is 3.72. The molecule has 0 heterocycles. The van der Waals surface area contributed by atoms with Crippen molar-refractivity contribution in [1.29, 1.82) is 0 Å². The van der Waals surface area contributed by atoms with Crippen molar-refractivity contribution in [3.05, 3.63) is 34.9 Å². The molecule has 0 aromatic heterocycles. The van der Waals surface area contributed by atoms with Crippen LogP contribution in [0.25, 0.3) is 0 Å². The Hall–Kier alpha value is -0.820. The zero-order valence-electron chi connectivity index (χ0n) is 13.4. The Labute approximate surface area is 119 Å². The number of benzene rings is 1. The van der Waals surface area contributed by atoms with Gasteiger partial charge in [0.05, 0.1) is 0 Å². The second kappa shape index (κ2) is 8.37. The average Bonchev–Trinajstić information content (AvgIpc) is 2.38. The summed E-state index contributed by atoms with van der Waals surface area (Å²) in [6.45, 7) is 12.4. The van der Waals surface area contributed by atoms with Crippen molar-refractivity contribution in [2.45, 2.75) is 66.3 Å². The smallest absolute Gasteiger partial charge is 0.0294 e. The van der Waals surface area contributed by atoms with E-state index in [1.54, 1.807) is 0 Å². The summed E-state index contributed by atoms with van der Waals surface area (Å²) in [5.74, 6) is 0.827. The molecule has 0 aliphatic heterocycles. The monoisotopic (exact) mass is 261 g/mol. The minimum absolute atomic E-state index is 0.455. The summed E-state index contributed by atoms with van der Waals surface area (Å²) in [6, 6.07) is 7.22. The van der Waals surface area contributed by atoms with Gasteiger partial charge < -0.3 is 5.32 Å². The molecule has 0 aliphatic rings. The third-order valence-corrected chi connectivity index (χ3v) is 4.15. The molecule has 0 amide bonds. The lowest BCUT2D eigenvalue weighted by Gasteiger charge is -2.21. The predicted molar refractivity (Wildman–Crippen MR) is 85.6 cm³/mol. The van der Waals surface area contributed by atoms with E-state index in [4.69, 9.17) is 0 Å². The van der Waals surface area contributed by atoms with Crippen molar-refractivity contribution in [3.8, 4) is 0 Å². The molecule has 0 bridgehead atoms. The molecule has 1 rings (SSSR count). The highest BCUT2D eigenvalue weighted by atomic mass is 14.9. The topological polar surface area (TPSA) is 12.0 Å². The molecule has 0 saturated heterocycles. The van der Waals surface area contributed by atoms with Crippen molar-refractivity contribution in [1.82, 2.24) is 5.32 Å². The van der Waals surface area contributed by atoms with Gasteiger partial charge in [-0.1, -0.05) is 56.9 Å². The Bertz CT molecular complexity index is 370. The summed E-state index contributed by atoms with van der Waals surface area (Å²) < 4.78 is 0. The molecule has 0 spiro atoms. The fraction of sp³-hybridized carbons (Fsp3) is 0.667. The van der Waals surface area contributed by atoms with Crippen LogP contribution in [0.5, 0.6) is 0 Å². The van der Waals surface area contributed by atoms with Crippen molar-refractivity contribution in [2.24, 2.45) is 5.92 Å². The minimum Gasteiger partial charge on any atom is -0.310 e. The molecule has 108 valence electrons. The Balaban J connectivity index is 2.51. The van der Waals surface area contributed by atoms with E-state index in [0.29, 0.717) is 6.04 Å². The highest BCUT2D eigenvalue weighted by molar-refractivity contribution is 5.32.